The number of halogens is 5. The summed E-state index contributed by atoms with van der Waals surface area (Å²) in [4.78, 5) is 0. The summed E-state index contributed by atoms with van der Waals surface area (Å²) in [6.07, 6.45) is 0. The second-order valence-corrected chi connectivity index (χ2v) is 33.4. The number of hydrogen-bond acceptors (Lipinski definition) is 19. The molecule has 4 bridgehead atoms. The Morgan fingerprint density at radius 1 is 0.433 bits per heavy atom. The van der Waals surface area contributed by atoms with E-state index >= 15 is 0 Å². The molecule has 338 valence electrons. The summed E-state index contributed by atoms with van der Waals surface area (Å²) in [5.74, 6) is -6.52. The predicted molar refractivity (Wildman–Crippen MR) is 242 cm³/mol. The molecule has 1 fully saturated rings. The van der Waals surface area contributed by atoms with Crippen molar-refractivity contribution in [1.82, 2.24) is 9.34 Å². The minimum Gasteiger partial charge on any atom is -0.422 e. The number of ether oxygens (including phenoxy) is 6. The van der Waals surface area contributed by atoms with E-state index in [2.05, 4.69) is 4.52 Å². The molecule has 0 aromatic heterocycles. The highest BCUT2D eigenvalue weighted by Crippen LogP contribution is 2.86. The van der Waals surface area contributed by atoms with Crippen LogP contribution >= 0.6 is 97.6 Å². The minimum atomic E-state index is -3.72. The zero-order valence-corrected chi connectivity index (χ0v) is 41.5. The Bertz CT molecular complexity index is 2140. The van der Waals surface area contributed by atoms with Gasteiger partial charge in [-0.25, -0.2) is 9.34 Å². The average Bonchev–Trinajstić information content (AvgIpc) is 3.19. The smallest absolute Gasteiger partial charge is 0.400 e. The largest absolute Gasteiger partial charge is 0.422 e. The summed E-state index contributed by atoms with van der Waals surface area (Å²) in [7, 11) is -10.6. The Labute approximate surface area is 373 Å². The van der Waals surface area contributed by atoms with E-state index < -0.39 is 41.4 Å². The maximum atomic E-state index is 7.08. The zero-order valence-electron chi connectivity index (χ0n) is 32.3. The molecule has 5 aliphatic heterocycles. The fourth-order valence-corrected chi connectivity index (χ4v) is 31.7. The van der Waals surface area contributed by atoms with Crippen LogP contribution in [0.15, 0.2) is 69.6 Å². The van der Waals surface area contributed by atoms with Crippen LogP contribution in [0, 0.1) is 0 Å². The van der Waals surface area contributed by atoms with E-state index in [9.17, 15) is 0 Å². The van der Waals surface area contributed by atoms with Crippen LogP contribution in [0.25, 0.3) is 10.8 Å². The monoisotopic (exact) mass is 1060 g/mol. The summed E-state index contributed by atoms with van der Waals surface area (Å²) in [6, 6.07) is 13.6. The second kappa shape index (κ2) is 22.6. The molecule has 1 saturated heterocycles. The molecule has 4 unspecified atom stereocenters. The van der Waals surface area contributed by atoms with E-state index in [0.29, 0.717) is 84.8 Å². The summed E-state index contributed by atoms with van der Waals surface area (Å²) in [5.41, 5.74) is 0. The topological polar surface area (TPSA) is 182 Å². The first kappa shape index (κ1) is 48.8. The van der Waals surface area contributed by atoms with Crippen molar-refractivity contribution in [1.29, 1.82) is 0 Å². The Kier molecular flexibility index (Phi) is 18.3. The lowest BCUT2D eigenvalue weighted by Crippen LogP contribution is -2.43. The number of nitrogens with zero attached hydrogens (tertiary/aromatic N) is 8. The van der Waals surface area contributed by atoms with Gasteiger partial charge in [-0.05, 0) is 79.1 Å². The first-order chi connectivity index (χ1) is 28.9. The van der Waals surface area contributed by atoms with Crippen molar-refractivity contribution in [3.63, 3.8) is 0 Å². The molecule has 0 N–H and O–H groups in total. The van der Waals surface area contributed by atoms with Gasteiger partial charge in [-0.15, -0.1) is 4.52 Å². The van der Waals surface area contributed by atoms with Crippen LogP contribution in [0.5, 0.6) is 5.75 Å². The molecule has 4 atom stereocenters. The van der Waals surface area contributed by atoms with Crippen LogP contribution in [-0.4, -0.2) is 141 Å². The van der Waals surface area contributed by atoms with Gasteiger partial charge in [0.2, 0.25) is 0 Å². The molecule has 5 aliphatic rings. The van der Waals surface area contributed by atoms with Crippen LogP contribution in [0.4, 0.5) is 0 Å². The Balaban J connectivity index is 1.24. The number of piperazine rings is 1. The standard InChI is InChI=1S/C30H47Cl5N8O11P6/c31-55(32)36-57(35)40-58(37-55,51-24-20-47-16-12-44-11-15-46-19-23-50-57)42-7-9-43(10-8-42)59-38-56(33,34)39-60(41-59,54-30-6-5-28-3-1-2-4-29(28)27-30)53-26-22-49-18-14-45-13-17-48-21-25-52-59/h1-6,27H,7-26H2. The van der Waals surface area contributed by atoms with Gasteiger partial charge >= 0.3 is 14.4 Å². The van der Waals surface area contributed by atoms with Gasteiger partial charge in [0, 0.05) is 26.2 Å². The van der Waals surface area contributed by atoms with Gasteiger partial charge in [0.25, 0.3) is 27.0 Å². The van der Waals surface area contributed by atoms with Crippen LogP contribution in [-0.2, 0) is 46.5 Å². The molecule has 0 saturated carbocycles. The third-order valence-electron chi connectivity index (χ3n) is 8.70. The van der Waals surface area contributed by atoms with E-state index in [-0.39, 0.29) is 52.9 Å². The van der Waals surface area contributed by atoms with Gasteiger partial charge in [-0.2, -0.15) is 22.6 Å². The first-order valence-electron chi connectivity index (χ1n) is 19.0. The maximum Gasteiger partial charge on any atom is 0.400 e. The summed E-state index contributed by atoms with van der Waals surface area (Å²) in [5, 5.41) is 1.97. The molecule has 0 amide bonds. The fraction of sp³-hybridized carbons (Fsp3) is 0.667. The number of rotatable bonds is 4. The molecule has 2 aromatic carbocycles. The Morgan fingerprint density at radius 3 is 1.43 bits per heavy atom. The van der Waals surface area contributed by atoms with E-state index in [1.165, 1.54) is 0 Å². The quantitative estimate of drug-likeness (QED) is 0.264. The van der Waals surface area contributed by atoms with Crippen LogP contribution in [0.2, 0.25) is 0 Å². The zero-order chi connectivity index (χ0) is 42.0. The highest BCUT2D eigenvalue weighted by Gasteiger charge is 2.47. The van der Waals surface area contributed by atoms with Crippen molar-refractivity contribution in [3.8, 4) is 5.75 Å². The maximum absolute atomic E-state index is 7.08. The molecule has 19 nitrogen and oxygen atoms in total. The molecule has 0 aliphatic carbocycles. The molecule has 2 aromatic rings. The molecule has 0 radical (unpaired) electrons. The highest BCUT2D eigenvalue weighted by atomic mass is 35.9. The normalized spacial score (nSPS) is 33.6. The third-order valence-corrected chi connectivity index (χ3v) is 30.6. The van der Waals surface area contributed by atoms with E-state index in [1.807, 2.05) is 51.8 Å². The minimum absolute atomic E-state index is 0.0629. The van der Waals surface area contributed by atoms with Gasteiger partial charge < -0.3 is 46.5 Å². The van der Waals surface area contributed by atoms with Gasteiger partial charge in [0.15, 0.2) is 0 Å². The predicted octanol–water partition coefficient (Wildman–Crippen LogP) is 11.9. The summed E-state index contributed by atoms with van der Waals surface area (Å²) in [6.45, 7) is 1.91. The molecular weight excluding hydrogens is 1010 g/mol. The summed E-state index contributed by atoms with van der Waals surface area (Å²) < 4.78 is 99.8. The number of benzene rings is 2. The lowest BCUT2D eigenvalue weighted by Gasteiger charge is -2.44. The first-order valence-corrected chi connectivity index (χ1v) is 33.1. The molecular formula is C30H47Cl5N8O11P6. The van der Waals surface area contributed by atoms with E-state index in [4.69, 9.17) is 130 Å². The molecule has 0 spiro atoms. The van der Waals surface area contributed by atoms with E-state index in [0.717, 1.165) is 10.8 Å². The number of fused-ring (bicyclic) bond motifs is 3. The molecule has 7 rings (SSSR count). The lowest BCUT2D eigenvalue weighted by molar-refractivity contribution is 0.00449. The third kappa shape index (κ3) is 13.7. The van der Waals surface area contributed by atoms with Gasteiger partial charge in [-0.3, -0.25) is 4.52 Å². The van der Waals surface area contributed by atoms with Gasteiger partial charge in [-0.1, -0.05) is 30.3 Å². The van der Waals surface area contributed by atoms with Gasteiger partial charge in [0.1, 0.15) is 5.75 Å². The number of hydrogen-bond donors (Lipinski definition) is 0. The van der Waals surface area contributed by atoms with Crippen LogP contribution in [0.1, 0.15) is 0 Å². The Morgan fingerprint density at radius 2 is 0.883 bits per heavy atom. The second-order valence-electron chi connectivity index (χ2n) is 13.0. The van der Waals surface area contributed by atoms with Crippen molar-refractivity contribution in [2.24, 2.45) is 27.1 Å². The van der Waals surface area contributed by atoms with Crippen LogP contribution in [0.3, 0.4) is 0 Å². The van der Waals surface area contributed by atoms with E-state index in [1.54, 1.807) is 0 Å². The fourth-order valence-electron chi connectivity index (χ4n) is 6.12. The van der Waals surface area contributed by atoms with Gasteiger partial charge in [0.05, 0.1) is 106 Å². The van der Waals surface area contributed by atoms with Crippen LogP contribution < -0.4 is 4.52 Å². The summed E-state index contributed by atoms with van der Waals surface area (Å²) >= 11 is 34.8. The lowest BCUT2D eigenvalue weighted by atomic mass is 10.1. The van der Waals surface area contributed by atoms with Crippen molar-refractivity contribution < 1.29 is 51.0 Å². The molecule has 30 heteroatoms. The molecule has 5 heterocycles. The van der Waals surface area contributed by atoms with Crippen molar-refractivity contribution in [2.75, 3.05) is 132 Å². The Hall–Kier alpha value is 0.850. The molecule has 60 heavy (non-hydrogen) atoms. The van der Waals surface area contributed by atoms with Crippen molar-refractivity contribution >= 4 is 108 Å². The van der Waals surface area contributed by atoms with Crippen molar-refractivity contribution in [3.05, 3.63) is 42.5 Å². The highest BCUT2D eigenvalue weighted by molar-refractivity contribution is 8.15. The van der Waals surface area contributed by atoms with Crippen molar-refractivity contribution in [2.45, 2.75) is 0 Å². The SMILES string of the molecule is ClP1(Cl)=NP2(Cl)=NP(N3CCN(P45=NP(Oc6ccc7ccccc7c6)(=NP(Cl)(Cl)=N4)OCCOCCOCCOCCO5)CC3)(=N1)OCCOCCOCCOCCO2. The average molecular weight is 1060 g/mol.